The van der Waals surface area contributed by atoms with Crippen LogP contribution >= 0.6 is 0 Å². The van der Waals surface area contributed by atoms with E-state index in [0.29, 0.717) is 50.0 Å². The van der Waals surface area contributed by atoms with E-state index in [0.717, 1.165) is 0 Å². The minimum absolute atomic E-state index is 0.126. The standard InChI is InChI=1S/C20H24N4O6/c1-14-3-5-18(30-14)20(26)23-11-9-22(10-12-23)8-7-19(25)21-16-13-15(24(27)28)4-6-17(16)29-2/h3-6,13H,7-12H2,1-2H3,(H,21,25). The van der Waals surface area contributed by atoms with Crippen LogP contribution in [0.2, 0.25) is 0 Å². The Kier molecular flexibility index (Phi) is 6.68. The van der Waals surface area contributed by atoms with Gasteiger partial charge in [-0.1, -0.05) is 0 Å². The number of aryl methyl sites for hydroxylation is 1. The van der Waals surface area contributed by atoms with Crippen molar-refractivity contribution in [3.05, 3.63) is 52.0 Å². The number of amides is 2. The molecule has 1 fully saturated rings. The van der Waals surface area contributed by atoms with E-state index in [-0.39, 0.29) is 29.6 Å². The van der Waals surface area contributed by atoms with Crippen LogP contribution in [-0.2, 0) is 4.79 Å². The molecule has 0 spiro atoms. The lowest BCUT2D eigenvalue weighted by atomic mass is 10.2. The molecule has 1 aromatic heterocycles. The van der Waals surface area contributed by atoms with Crippen molar-refractivity contribution in [2.24, 2.45) is 0 Å². The maximum absolute atomic E-state index is 12.4. The monoisotopic (exact) mass is 416 g/mol. The Balaban J connectivity index is 1.48. The highest BCUT2D eigenvalue weighted by Crippen LogP contribution is 2.29. The number of furan rings is 1. The van der Waals surface area contributed by atoms with Crippen LogP contribution in [0.15, 0.2) is 34.7 Å². The minimum atomic E-state index is -0.528. The molecule has 10 nitrogen and oxygen atoms in total. The molecule has 1 N–H and O–H groups in total. The highest BCUT2D eigenvalue weighted by molar-refractivity contribution is 5.93. The molecule has 1 aliphatic heterocycles. The Morgan fingerprint density at radius 3 is 2.53 bits per heavy atom. The first-order valence-corrected chi connectivity index (χ1v) is 9.57. The summed E-state index contributed by atoms with van der Waals surface area (Å²) in [6, 6.07) is 7.48. The van der Waals surface area contributed by atoms with Crippen molar-refractivity contribution in [3.63, 3.8) is 0 Å². The topological polar surface area (TPSA) is 118 Å². The van der Waals surface area contributed by atoms with E-state index in [1.165, 1.54) is 25.3 Å². The van der Waals surface area contributed by atoms with Crippen LogP contribution in [0.25, 0.3) is 0 Å². The van der Waals surface area contributed by atoms with Crippen LogP contribution in [0.1, 0.15) is 22.7 Å². The van der Waals surface area contributed by atoms with Crippen molar-refractivity contribution in [1.82, 2.24) is 9.80 Å². The first-order chi connectivity index (χ1) is 14.4. The molecule has 1 aromatic carbocycles. The molecule has 0 radical (unpaired) electrons. The smallest absolute Gasteiger partial charge is 0.289 e. The molecule has 1 aliphatic rings. The number of nitrogens with zero attached hydrogens (tertiary/aromatic N) is 3. The molecular formula is C20H24N4O6. The van der Waals surface area contributed by atoms with E-state index in [2.05, 4.69) is 10.2 Å². The molecule has 2 amide bonds. The Morgan fingerprint density at radius 2 is 1.93 bits per heavy atom. The summed E-state index contributed by atoms with van der Waals surface area (Å²) < 4.78 is 10.5. The number of carbonyl (C=O) groups is 2. The zero-order valence-corrected chi connectivity index (χ0v) is 16.9. The molecule has 0 saturated carbocycles. The number of rotatable bonds is 7. The maximum Gasteiger partial charge on any atom is 0.289 e. The van der Waals surface area contributed by atoms with Gasteiger partial charge in [-0.3, -0.25) is 24.6 Å². The van der Waals surface area contributed by atoms with E-state index < -0.39 is 4.92 Å². The van der Waals surface area contributed by atoms with Gasteiger partial charge in [-0.15, -0.1) is 0 Å². The fraction of sp³-hybridized carbons (Fsp3) is 0.400. The van der Waals surface area contributed by atoms with E-state index in [9.17, 15) is 19.7 Å². The number of hydrogen-bond acceptors (Lipinski definition) is 7. The lowest BCUT2D eigenvalue weighted by molar-refractivity contribution is -0.384. The van der Waals surface area contributed by atoms with Crippen molar-refractivity contribution in [2.75, 3.05) is 45.2 Å². The molecule has 1 saturated heterocycles. The van der Waals surface area contributed by atoms with Crippen molar-refractivity contribution >= 4 is 23.2 Å². The normalized spacial score (nSPS) is 14.4. The largest absolute Gasteiger partial charge is 0.495 e. The van der Waals surface area contributed by atoms with Gasteiger partial charge < -0.3 is 19.4 Å². The van der Waals surface area contributed by atoms with Gasteiger partial charge in [-0.05, 0) is 25.1 Å². The van der Waals surface area contributed by atoms with E-state index >= 15 is 0 Å². The van der Waals surface area contributed by atoms with Crippen molar-refractivity contribution < 1.29 is 23.7 Å². The second kappa shape index (κ2) is 9.40. The van der Waals surface area contributed by atoms with Gasteiger partial charge in [0.25, 0.3) is 11.6 Å². The van der Waals surface area contributed by atoms with Crippen molar-refractivity contribution in [3.8, 4) is 5.75 Å². The predicted molar refractivity (Wildman–Crippen MR) is 109 cm³/mol. The molecule has 2 heterocycles. The third-order valence-electron chi connectivity index (χ3n) is 4.93. The summed E-state index contributed by atoms with van der Waals surface area (Å²) in [5.74, 6) is 1.00. The molecule has 0 aliphatic carbocycles. The number of non-ortho nitro benzene ring substituents is 1. The SMILES string of the molecule is COc1ccc([N+](=O)[O-])cc1NC(=O)CCN1CCN(C(=O)c2ccc(C)o2)CC1. The van der Waals surface area contributed by atoms with Gasteiger partial charge in [0.2, 0.25) is 5.91 Å². The number of piperazine rings is 1. The maximum atomic E-state index is 12.4. The van der Waals surface area contributed by atoms with Gasteiger partial charge in [0.15, 0.2) is 5.76 Å². The number of carbonyl (C=O) groups excluding carboxylic acids is 2. The molecule has 0 unspecified atom stereocenters. The van der Waals surface area contributed by atoms with E-state index in [1.54, 1.807) is 24.0 Å². The number of ether oxygens (including phenoxy) is 1. The third-order valence-corrected chi connectivity index (χ3v) is 4.93. The van der Waals surface area contributed by atoms with Crippen LogP contribution in [0.3, 0.4) is 0 Å². The molecular weight excluding hydrogens is 392 g/mol. The van der Waals surface area contributed by atoms with Gasteiger partial charge >= 0.3 is 0 Å². The molecule has 160 valence electrons. The van der Waals surface area contributed by atoms with Crippen molar-refractivity contribution in [1.29, 1.82) is 0 Å². The fourth-order valence-corrected chi connectivity index (χ4v) is 3.26. The predicted octanol–water partition coefficient (Wildman–Crippen LogP) is 2.29. The van der Waals surface area contributed by atoms with Crippen LogP contribution in [0.4, 0.5) is 11.4 Å². The van der Waals surface area contributed by atoms with Gasteiger partial charge in [-0.25, -0.2) is 0 Å². The summed E-state index contributed by atoms with van der Waals surface area (Å²) in [6.07, 6.45) is 0.219. The zero-order chi connectivity index (χ0) is 21.7. The zero-order valence-electron chi connectivity index (χ0n) is 16.9. The number of nitro benzene ring substituents is 1. The third kappa shape index (κ3) is 5.15. The Labute approximate surface area is 173 Å². The summed E-state index contributed by atoms with van der Waals surface area (Å²) in [4.78, 5) is 39.0. The van der Waals surface area contributed by atoms with Crippen LogP contribution < -0.4 is 10.1 Å². The average Bonchev–Trinajstić information content (AvgIpc) is 3.18. The second-order valence-corrected chi connectivity index (χ2v) is 6.98. The van der Waals surface area contributed by atoms with Crippen LogP contribution in [0.5, 0.6) is 5.75 Å². The summed E-state index contributed by atoms with van der Waals surface area (Å²) in [6.45, 7) is 4.73. The van der Waals surface area contributed by atoms with Gasteiger partial charge in [-0.2, -0.15) is 0 Å². The van der Waals surface area contributed by atoms with Crippen molar-refractivity contribution in [2.45, 2.75) is 13.3 Å². The summed E-state index contributed by atoms with van der Waals surface area (Å²) >= 11 is 0. The molecule has 0 atom stereocenters. The number of nitrogens with one attached hydrogen (secondary N) is 1. The number of nitro groups is 1. The average molecular weight is 416 g/mol. The number of anilines is 1. The molecule has 10 heteroatoms. The quantitative estimate of drug-likeness (QED) is 0.543. The lowest BCUT2D eigenvalue weighted by Crippen LogP contribution is -2.49. The second-order valence-electron chi connectivity index (χ2n) is 6.98. The molecule has 2 aromatic rings. The number of methoxy groups -OCH3 is 1. The Hall–Kier alpha value is -3.40. The van der Waals surface area contributed by atoms with Gasteiger partial charge in [0.05, 0.1) is 17.7 Å². The van der Waals surface area contributed by atoms with Crippen LogP contribution in [-0.4, -0.2) is 66.4 Å². The minimum Gasteiger partial charge on any atom is -0.495 e. The lowest BCUT2D eigenvalue weighted by Gasteiger charge is -2.34. The summed E-state index contributed by atoms with van der Waals surface area (Å²) in [7, 11) is 1.43. The molecule has 30 heavy (non-hydrogen) atoms. The Bertz CT molecular complexity index is 933. The first kappa shape index (κ1) is 21.3. The van der Waals surface area contributed by atoms with Gasteiger partial charge in [0, 0.05) is 51.3 Å². The number of benzene rings is 1. The Morgan fingerprint density at radius 1 is 1.20 bits per heavy atom. The first-order valence-electron chi connectivity index (χ1n) is 9.57. The highest BCUT2D eigenvalue weighted by atomic mass is 16.6. The number of hydrogen-bond donors (Lipinski definition) is 1. The van der Waals surface area contributed by atoms with E-state index in [4.69, 9.17) is 9.15 Å². The van der Waals surface area contributed by atoms with E-state index in [1.807, 2.05) is 0 Å². The fourth-order valence-electron chi connectivity index (χ4n) is 3.26. The summed E-state index contributed by atoms with van der Waals surface area (Å²) in [5.41, 5.74) is 0.138. The highest BCUT2D eigenvalue weighted by Gasteiger charge is 2.24. The van der Waals surface area contributed by atoms with Gasteiger partial charge in [0.1, 0.15) is 11.5 Å². The molecule has 0 bridgehead atoms. The van der Waals surface area contributed by atoms with Crippen LogP contribution in [0, 0.1) is 17.0 Å². The molecule has 3 rings (SSSR count). The summed E-state index contributed by atoms with van der Waals surface area (Å²) in [5, 5.41) is 13.6.